The Morgan fingerprint density at radius 2 is 2.17 bits per heavy atom. The maximum atomic E-state index is 13.7. The molecule has 3 nitrogen and oxygen atoms in total. The number of nitrogens with zero attached hydrogens (tertiary/aromatic N) is 1. The molecule has 18 heavy (non-hydrogen) atoms. The first-order valence-corrected chi connectivity index (χ1v) is 5.73. The Morgan fingerprint density at radius 1 is 1.50 bits per heavy atom. The zero-order valence-electron chi connectivity index (χ0n) is 9.67. The fourth-order valence-electron chi connectivity index (χ4n) is 1.08. The van der Waals surface area contributed by atoms with Crippen LogP contribution >= 0.6 is 23.2 Å². The van der Waals surface area contributed by atoms with Gasteiger partial charge in [-0.15, -0.1) is 0 Å². The molecular formula is C12H12Cl2FN3. The van der Waals surface area contributed by atoms with E-state index in [0.717, 1.165) is 0 Å². The Balaban J connectivity index is 2.80. The summed E-state index contributed by atoms with van der Waals surface area (Å²) in [6.07, 6.45) is 3.01. The van der Waals surface area contributed by atoms with Crippen LogP contribution in [0.4, 0.5) is 10.1 Å². The number of nitrogens with one attached hydrogen (secondary N) is 1. The molecule has 0 fully saturated rings. The van der Waals surface area contributed by atoms with Crippen molar-refractivity contribution in [3.63, 3.8) is 0 Å². The number of hydrogen-bond donors (Lipinski definition) is 2. The highest BCUT2D eigenvalue weighted by Crippen LogP contribution is 2.30. The lowest BCUT2D eigenvalue weighted by atomic mass is 10.3. The summed E-state index contributed by atoms with van der Waals surface area (Å²) in [4.78, 5) is 3.83. The second kappa shape index (κ2) is 6.42. The molecule has 1 aromatic carbocycles. The fraction of sp³-hybridized carbons (Fsp3) is 0.0833. The zero-order chi connectivity index (χ0) is 13.7. The van der Waals surface area contributed by atoms with Crippen molar-refractivity contribution in [1.82, 2.24) is 0 Å². The summed E-state index contributed by atoms with van der Waals surface area (Å²) >= 11 is 11.4. The Labute approximate surface area is 115 Å². The van der Waals surface area contributed by atoms with Crippen molar-refractivity contribution in [1.29, 1.82) is 0 Å². The highest BCUT2D eigenvalue weighted by Gasteiger charge is 2.10. The van der Waals surface area contributed by atoms with Crippen LogP contribution in [0.25, 0.3) is 0 Å². The van der Waals surface area contributed by atoms with Gasteiger partial charge in [-0.3, -0.25) is 0 Å². The van der Waals surface area contributed by atoms with E-state index in [2.05, 4.69) is 16.9 Å². The van der Waals surface area contributed by atoms with E-state index in [1.165, 1.54) is 18.3 Å². The van der Waals surface area contributed by atoms with Gasteiger partial charge in [0.05, 0.1) is 21.6 Å². The van der Waals surface area contributed by atoms with Crippen molar-refractivity contribution >= 4 is 34.7 Å². The lowest BCUT2D eigenvalue weighted by Crippen LogP contribution is -2.03. The molecule has 0 aliphatic rings. The molecule has 3 N–H and O–H groups in total. The molecule has 0 heterocycles. The third kappa shape index (κ3) is 4.05. The maximum Gasteiger partial charge on any atom is 0.166 e. The van der Waals surface area contributed by atoms with Crippen LogP contribution in [0.1, 0.15) is 6.92 Å². The van der Waals surface area contributed by atoms with E-state index in [0.29, 0.717) is 11.5 Å². The van der Waals surface area contributed by atoms with Crippen molar-refractivity contribution < 1.29 is 4.39 Å². The van der Waals surface area contributed by atoms with Crippen molar-refractivity contribution in [2.24, 2.45) is 10.7 Å². The largest absolute Gasteiger partial charge is 0.387 e. The lowest BCUT2D eigenvalue weighted by molar-refractivity contribution is 0.632. The predicted molar refractivity (Wildman–Crippen MR) is 75.6 cm³/mol. The zero-order valence-corrected chi connectivity index (χ0v) is 11.2. The van der Waals surface area contributed by atoms with E-state index in [9.17, 15) is 4.39 Å². The molecule has 96 valence electrons. The number of amidine groups is 1. The third-order valence-corrected chi connectivity index (χ3v) is 2.67. The normalized spacial score (nSPS) is 11.9. The SMILES string of the molecule is C=C(/C=C\N=C(C)N)Nc1ccc(Cl)c(Cl)c1F. The Morgan fingerprint density at radius 3 is 2.78 bits per heavy atom. The molecule has 0 radical (unpaired) electrons. The second-order valence-electron chi connectivity index (χ2n) is 3.46. The summed E-state index contributed by atoms with van der Waals surface area (Å²) < 4.78 is 13.7. The quantitative estimate of drug-likeness (QED) is 0.381. The van der Waals surface area contributed by atoms with Crippen molar-refractivity contribution in [2.75, 3.05) is 5.32 Å². The number of allylic oxidation sites excluding steroid dienone is 1. The minimum atomic E-state index is -0.628. The van der Waals surface area contributed by atoms with Crippen LogP contribution in [0.2, 0.25) is 10.0 Å². The number of aliphatic imine (C=N–C) groups is 1. The van der Waals surface area contributed by atoms with Crippen molar-refractivity contribution in [2.45, 2.75) is 6.92 Å². The van der Waals surface area contributed by atoms with Gasteiger partial charge in [0.15, 0.2) is 5.82 Å². The van der Waals surface area contributed by atoms with E-state index in [-0.39, 0.29) is 15.7 Å². The van der Waals surface area contributed by atoms with Crippen LogP contribution in [-0.2, 0) is 0 Å². The van der Waals surface area contributed by atoms with E-state index in [1.807, 2.05) is 0 Å². The number of rotatable bonds is 4. The molecule has 0 aliphatic heterocycles. The number of benzene rings is 1. The van der Waals surface area contributed by atoms with Crippen molar-refractivity contribution in [3.8, 4) is 0 Å². The van der Waals surface area contributed by atoms with Gasteiger partial charge in [0.1, 0.15) is 0 Å². The average molecular weight is 288 g/mol. The van der Waals surface area contributed by atoms with Crippen LogP contribution in [0.15, 0.2) is 41.7 Å². The standard InChI is InChI=1S/C12H12Cl2FN3/c1-7(5-6-17-8(2)16)18-10-4-3-9(13)11(14)12(10)15/h3-6,18H,1H2,2H3,(H2,16,17)/b6-5-. The smallest absolute Gasteiger partial charge is 0.166 e. The van der Waals surface area contributed by atoms with Crippen LogP contribution in [0, 0.1) is 5.82 Å². The molecule has 0 unspecified atom stereocenters. The lowest BCUT2D eigenvalue weighted by Gasteiger charge is -2.08. The maximum absolute atomic E-state index is 13.7. The Bertz CT molecular complexity index is 520. The van der Waals surface area contributed by atoms with E-state index >= 15 is 0 Å². The summed E-state index contributed by atoms with van der Waals surface area (Å²) in [6, 6.07) is 2.97. The van der Waals surface area contributed by atoms with E-state index in [4.69, 9.17) is 28.9 Å². The van der Waals surface area contributed by atoms with Gasteiger partial charge in [0, 0.05) is 11.9 Å². The van der Waals surface area contributed by atoms with Gasteiger partial charge in [0.25, 0.3) is 0 Å². The molecule has 1 aromatic rings. The summed E-state index contributed by atoms with van der Waals surface area (Å²) in [5, 5.41) is 2.77. The summed E-state index contributed by atoms with van der Waals surface area (Å²) in [5.74, 6) is -0.211. The molecule has 0 amide bonds. The molecule has 0 aliphatic carbocycles. The number of hydrogen-bond acceptors (Lipinski definition) is 2. The predicted octanol–water partition coefficient (Wildman–Crippen LogP) is 3.95. The van der Waals surface area contributed by atoms with Gasteiger partial charge < -0.3 is 11.1 Å². The van der Waals surface area contributed by atoms with Crippen LogP contribution in [0.3, 0.4) is 0 Å². The van der Waals surface area contributed by atoms with Gasteiger partial charge in [-0.1, -0.05) is 29.8 Å². The third-order valence-electron chi connectivity index (χ3n) is 1.88. The molecule has 0 spiro atoms. The Kier molecular flexibility index (Phi) is 5.19. The first-order chi connectivity index (χ1) is 8.41. The summed E-state index contributed by atoms with van der Waals surface area (Å²) in [6.45, 7) is 5.34. The van der Waals surface area contributed by atoms with Gasteiger partial charge >= 0.3 is 0 Å². The minimum Gasteiger partial charge on any atom is -0.387 e. The van der Waals surface area contributed by atoms with Crippen LogP contribution in [-0.4, -0.2) is 5.84 Å². The van der Waals surface area contributed by atoms with Crippen LogP contribution < -0.4 is 11.1 Å². The molecule has 0 bridgehead atoms. The van der Waals surface area contributed by atoms with Crippen LogP contribution in [0.5, 0.6) is 0 Å². The highest BCUT2D eigenvalue weighted by molar-refractivity contribution is 6.42. The van der Waals surface area contributed by atoms with E-state index in [1.54, 1.807) is 13.0 Å². The van der Waals surface area contributed by atoms with Gasteiger partial charge in [-0.05, 0) is 25.1 Å². The van der Waals surface area contributed by atoms with Crippen molar-refractivity contribution in [3.05, 3.63) is 52.5 Å². The monoisotopic (exact) mass is 287 g/mol. The first kappa shape index (κ1) is 14.5. The molecule has 0 aromatic heterocycles. The number of nitrogens with two attached hydrogens (primary N) is 1. The second-order valence-corrected chi connectivity index (χ2v) is 4.24. The molecule has 1 rings (SSSR count). The number of halogens is 3. The average Bonchev–Trinajstić information content (AvgIpc) is 2.29. The fourth-order valence-corrected chi connectivity index (χ4v) is 1.39. The van der Waals surface area contributed by atoms with Gasteiger partial charge in [0.2, 0.25) is 0 Å². The summed E-state index contributed by atoms with van der Waals surface area (Å²) in [7, 11) is 0. The Hall–Kier alpha value is -1.52. The van der Waals surface area contributed by atoms with E-state index < -0.39 is 5.82 Å². The molecular weight excluding hydrogens is 276 g/mol. The molecule has 0 saturated heterocycles. The molecule has 6 heteroatoms. The number of anilines is 1. The first-order valence-electron chi connectivity index (χ1n) is 4.97. The van der Waals surface area contributed by atoms with Gasteiger partial charge in [-0.25, -0.2) is 9.38 Å². The molecule has 0 saturated carbocycles. The minimum absolute atomic E-state index is 0.130. The van der Waals surface area contributed by atoms with Gasteiger partial charge in [-0.2, -0.15) is 0 Å². The highest BCUT2D eigenvalue weighted by atomic mass is 35.5. The summed E-state index contributed by atoms with van der Waals surface area (Å²) in [5.41, 5.74) is 5.98. The topological polar surface area (TPSA) is 50.4 Å². The molecule has 0 atom stereocenters.